The fourth-order valence-corrected chi connectivity index (χ4v) is 7.79. The van der Waals surface area contributed by atoms with Crippen LogP contribution >= 0.6 is 0 Å². The largest absolute Gasteiger partial charge is 0.512 e. The topological polar surface area (TPSA) is 72.6 Å². The average Bonchev–Trinajstić information content (AvgIpc) is 3.52. The molecular formula is C50H60IrNO4-. The Morgan fingerprint density at radius 3 is 2.00 bits per heavy atom. The molecule has 4 aromatic carbocycles. The van der Waals surface area contributed by atoms with Gasteiger partial charge in [-0.05, 0) is 100 Å². The van der Waals surface area contributed by atoms with E-state index in [9.17, 15) is 9.90 Å². The van der Waals surface area contributed by atoms with Crippen LogP contribution in [0.2, 0.25) is 0 Å². The predicted octanol–water partition coefficient (Wildman–Crippen LogP) is 14.7. The van der Waals surface area contributed by atoms with Gasteiger partial charge >= 0.3 is 0 Å². The quantitative estimate of drug-likeness (QED) is 0.0676. The van der Waals surface area contributed by atoms with Gasteiger partial charge in [-0.25, -0.2) is 0 Å². The number of fused-ring (bicyclic) bond motifs is 7. The minimum absolute atomic E-state index is 0. The fourth-order valence-electron chi connectivity index (χ4n) is 7.79. The van der Waals surface area contributed by atoms with Crippen LogP contribution in [0.5, 0.6) is 11.5 Å². The SMILES string of the molecule is CC(C)(C)Cc1cccc2c1cc1c3c(nccc32)-c2[c-]c3oc4ccccc4c3c(CC(C)(C)C)c2O1.CCC(C)(CC)C(=O)/C=C(\O)C(C)(CC)CC.[Ir]. The molecule has 2 aromatic heterocycles. The zero-order valence-corrected chi connectivity index (χ0v) is 37.9. The molecule has 0 unspecified atom stereocenters. The van der Waals surface area contributed by atoms with Crippen molar-refractivity contribution < 1.29 is 39.2 Å². The van der Waals surface area contributed by atoms with E-state index in [0.29, 0.717) is 0 Å². The second-order valence-corrected chi connectivity index (χ2v) is 18.6. The van der Waals surface area contributed by atoms with Gasteiger partial charge in [0.05, 0.1) is 5.58 Å². The maximum atomic E-state index is 12.2. The molecule has 6 heteroatoms. The van der Waals surface area contributed by atoms with E-state index in [0.717, 1.165) is 88.6 Å². The average molecular weight is 931 g/mol. The minimum atomic E-state index is -0.337. The number of hydrogen-bond acceptors (Lipinski definition) is 5. The number of rotatable bonds is 9. The first kappa shape index (κ1) is 43.1. The first-order valence-corrected chi connectivity index (χ1v) is 20.2. The zero-order chi connectivity index (χ0) is 40.1. The van der Waals surface area contributed by atoms with Crippen molar-refractivity contribution in [3.8, 4) is 22.8 Å². The van der Waals surface area contributed by atoms with Gasteiger partial charge in [0.1, 0.15) is 17.1 Å². The summed E-state index contributed by atoms with van der Waals surface area (Å²) < 4.78 is 13.3. The number of furan rings is 1. The third kappa shape index (κ3) is 8.20. The molecule has 0 amide bonds. The van der Waals surface area contributed by atoms with Gasteiger partial charge in [0.2, 0.25) is 0 Å². The maximum absolute atomic E-state index is 12.2. The second-order valence-electron chi connectivity index (χ2n) is 18.6. The number of aliphatic hydroxyl groups excluding tert-OH is 1. The number of pyridine rings is 1. The van der Waals surface area contributed by atoms with Crippen LogP contribution in [0.15, 0.2) is 77.0 Å². The molecule has 0 fully saturated rings. The Hall–Kier alpha value is -3.99. The Bertz CT molecular complexity index is 2430. The smallest absolute Gasteiger partial charge is 0.164 e. The van der Waals surface area contributed by atoms with E-state index in [1.54, 1.807) is 0 Å². The molecule has 1 N–H and O–H groups in total. The van der Waals surface area contributed by atoms with E-state index < -0.39 is 0 Å². The van der Waals surface area contributed by atoms with Gasteiger partial charge in [-0.15, -0.1) is 0 Å². The second kappa shape index (κ2) is 16.1. The number of carbonyl (C=O) groups is 1. The minimum Gasteiger partial charge on any atom is -0.512 e. The number of ketones is 1. The van der Waals surface area contributed by atoms with E-state index in [1.165, 1.54) is 33.4 Å². The van der Waals surface area contributed by atoms with Crippen LogP contribution in [0, 0.1) is 27.7 Å². The van der Waals surface area contributed by atoms with E-state index in [-0.39, 0.29) is 53.3 Å². The molecule has 0 saturated heterocycles. The van der Waals surface area contributed by atoms with Crippen LogP contribution in [0.25, 0.3) is 54.7 Å². The Balaban J connectivity index is 0.000000285. The first-order valence-electron chi connectivity index (χ1n) is 20.2. The molecule has 0 spiro atoms. The van der Waals surface area contributed by atoms with Crippen molar-refractivity contribution in [2.75, 3.05) is 0 Å². The molecule has 6 aromatic rings. The van der Waals surface area contributed by atoms with Crippen molar-refractivity contribution in [2.45, 2.75) is 122 Å². The van der Waals surface area contributed by atoms with E-state index in [2.05, 4.69) is 90.1 Å². The maximum Gasteiger partial charge on any atom is 0.164 e. The summed E-state index contributed by atoms with van der Waals surface area (Å²) in [5.74, 6) is 2.02. The van der Waals surface area contributed by atoms with Crippen LogP contribution in [0.3, 0.4) is 0 Å². The zero-order valence-electron chi connectivity index (χ0n) is 35.5. The summed E-state index contributed by atoms with van der Waals surface area (Å²) in [5.41, 5.74) is 5.58. The van der Waals surface area contributed by atoms with Crippen LogP contribution < -0.4 is 4.74 Å². The van der Waals surface area contributed by atoms with Crippen LogP contribution in [0.1, 0.15) is 120 Å². The van der Waals surface area contributed by atoms with Crippen molar-refractivity contribution >= 4 is 49.3 Å². The van der Waals surface area contributed by atoms with Crippen molar-refractivity contribution in [3.63, 3.8) is 0 Å². The van der Waals surface area contributed by atoms with Crippen LogP contribution in [-0.2, 0) is 37.7 Å². The number of benzene rings is 4. The summed E-state index contributed by atoms with van der Waals surface area (Å²) in [4.78, 5) is 17.1. The molecule has 1 aliphatic rings. The molecule has 1 radical (unpaired) electrons. The summed E-state index contributed by atoms with van der Waals surface area (Å²) in [7, 11) is 0. The summed E-state index contributed by atoms with van der Waals surface area (Å²) in [6, 6.07) is 22.9. The normalized spacial score (nSPS) is 13.3. The third-order valence-corrected chi connectivity index (χ3v) is 12.1. The molecule has 0 atom stereocenters. The van der Waals surface area contributed by atoms with Crippen LogP contribution in [0.4, 0.5) is 0 Å². The Kier molecular flexibility index (Phi) is 12.4. The van der Waals surface area contributed by atoms with Crippen molar-refractivity contribution in [3.05, 3.63) is 89.8 Å². The van der Waals surface area contributed by atoms with E-state index in [4.69, 9.17) is 14.1 Å². The van der Waals surface area contributed by atoms with E-state index >= 15 is 0 Å². The molecule has 1 aliphatic heterocycles. The molecule has 0 saturated carbocycles. The molecule has 0 bridgehead atoms. The molecule has 5 nitrogen and oxygen atoms in total. The molecule has 0 aliphatic carbocycles. The number of aliphatic hydroxyl groups is 1. The summed E-state index contributed by atoms with van der Waals surface area (Å²) >= 11 is 0. The van der Waals surface area contributed by atoms with Gasteiger partial charge < -0.3 is 19.2 Å². The number of aromatic nitrogens is 1. The Labute approximate surface area is 347 Å². The number of hydrogen-bond donors (Lipinski definition) is 1. The first-order chi connectivity index (χ1) is 25.9. The number of allylic oxidation sites excluding steroid dienone is 2. The molecule has 7 rings (SSSR count). The number of ether oxygens (including phenoxy) is 1. The van der Waals surface area contributed by atoms with Crippen LogP contribution in [-0.4, -0.2) is 15.9 Å². The number of carbonyl (C=O) groups excluding carboxylic acids is 1. The monoisotopic (exact) mass is 931 g/mol. The number of para-hydroxylation sites is 1. The Morgan fingerprint density at radius 2 is 1.38 bits per heavy atom. The summed E-state index contributed by atoms with van der Waals surface area (Å²) in [6.07, 6.45) is 8.52. The van der Waals surface area contributed by atoms with Crippen molar-refractivity contribution in [1.82, 2.24) is 4.98 Å². The fraction of sp³-hybridized carbons (Fsp3) is 0.440. The third-order valence-electron chi connectivity index (χ3n) is 12.1. The summed E-state index contributed by atoms with van der Waals surface area (Å²) in [5, 5.41) is 17.0. The molecular weight excluding hydrogens is 871 g/mol. The van der Waals surface area contributed by atoms with Crippen molar-refractivity contribution in [1.29, 1.82) is 0 Å². The van der Waals surface area contributed by atoms with Gasteiger partial charge in [0, 0.05) is 60.0 Å². The van der Waals surface area contributed by atoms with Gasteiger partial charge in [0.25, 0.3) is 0 Å². The standard InChI is InChI=1S/C35H32NO2.C15H28O2.Ir/c1-34(2,3)18-20-10-9-12-21-22-14-15-36-32-25-17-28-30(23-11-7-8-13-27(23)37-28)26(19-35(4,5)6)33(25)38-29(31(22)32)16-24(20)21;1-7-14(5,8-2)12(16)11-13(17)15(6,9-3)10-4;/h7-16H,18-19H2,1-6H3;11,16H,7-10H2,1-6H3;/q-1;;/b;12-11-;. The van der Waals surface area contributed by atoms with Gasteiger partial charge in [-0.2, -0.15) is 0 Å². The molecule has 3 heterocycles. The van der Waals surface area contributed by atoms with Crippen molar-refractivity contribution in [2.24, 2.45) is 21.7 Å². The predicted molar refractivity (Wildman–Crippen MR) is 230 cm³/mol. The number of nitrogens with zero attached hydrogens (tertiary/aromatic N) is 1. The molecule has 299 valence electrons. The summed E-state index contributed by atoms with van der Waals surface area (Å²) in [6.45, 7) is 25.8. The van der Waals surface area contributed by atoms with E-state index in [1.807, 2.05) is 59.9 Å². The van der Waals surface area contributed by atoms with Gasteiger partial charge in [-0.1, -0.05) is 137 Å². The Morgan fingerprint density at radius 1 is 0.750 bits per heavy atom. The molecule has 56 heavy (non-hydrogen) atoms. The van der Waals surface area contributed by atoms with Gasteiger partial charge in [-0.3, -0.25) is 4.79 Å². The van der Waals surface area contributed by atoms with Gasteiger partial charge in [0.15, 0.2) is 5.78 Å².